The van der Waals surface area contributed by atoms with Gasteiger partial charge in [-0.15, -0.1) is 0 Å². The molecule has 2 aliphatic heterocycles. The molecule has 3 heterocycles. The van der Waals surface area contributed by atoms with Crippen molar-refractivity contribution in [1.29, 1.82) is 0 Å². The zero-order chi connectivity index (χ0) is 18.9. The molecule has 4 rings (SSSR count). The Labute approximate surface area is 162 Å². The molecular formula is C20H33N5O2. The standard InChI is InChI=1S/C20H33N5O2/c1-16-13-17(2)25(22-16)18-5-8-24(14-18)19(26)21-20(6-3-4-7-20)15-23-9-11-27-12-10-23/h13,18H,3-12,14-15H2,1-2H3,(H,21,26)/t18-/m0/s1. The van der Waals surface area contributed by atoms with E-state index < -0.39 is 0 Å². The lowest BCUT2D eigenvalue weighted by atomic mass is 9.96. The van der Waals surface area contributed by atoms with Crippen LogP contribution in [0.1, 0.15) is 49.5 Å². The Balaban J connectivity index is 1.37. The number of rotatable bonds is 4. The molecule has 7 heteroatoms. The first-order valence-corrected chi connectivity index (χ1v) is 10.4. The van der Waals surface area contributed by atoms with Crippen molar-refractivity contribution in [3.05, 3.63) is 17.5 Å². The molecule has 0 aromatic carbocycles. The molecule has 0 spiro atoms. The maximum atomic E-state index is 13.1. The van der Waals surface area contributed by atoms with Gasteiger partial charge >= 0.3 is 6.03 Å². The average molecular weight is 376 g/mol. The maximum Gasteiger partial charge on any atom is 0.317 e. The molecule has 2 amide bonds. The molecule has 1 N–H and O–H groups in total. The monoisotopic (exact) mass is 375 g/mol. The Bertz CT molecular complexity index is 661. The summed E-state index contributed by atoms with van der Waals surface area (Å²) < 4.78 is 7.58. The summed E-state index contributed by atoms with van der Waals surface area (Å²) in [6.07, 6.45) is 5.57. The Hall–Kier alpha value is -1.60. The van der Waals surface area contributed by atoms with Gasteiger partial charge in [-0.3, -0.25) is 9.58 Å². The molecule has 2 saturated heterocycles. The number of urea groups is 1. The van der Waals surface area contributed by atoms with Gasteiger partial charge in [0.05, 0.1) is 30.5 Å². The number of hydrogen-bond acceptors (Lipinski definition) is 4. The van der Waals surface area contributed by atoms with E-state index in [1.165, 1.54) is 18.5 Å². The lowest BCUT2D eigenvalue weighted by molar-refractivity contribution is 0.0246. The van der Waals surface area contributed by atoms with Gasteiger partial charge in [-0.1, -0.05) is 12.8 Å². The third-order valence-corrected chi connectivity index (χ3v) is 6.40. The molecule has 0 radical (unpaired) electrons. The van der Waals surface area contributed by atoms with Crippen LogP contribution in [-0.2, 0) is 4.74 Å². The van der Waals surface area contributed by atoms with Crippen molar-refractivity contribution >= 4 is 6.03 Å². The van der Waals surface area contributed by atoms with E-state index >= 15 is 0 Å². The number of hydrogen-bond donors (Lipinski definition) is 1. The number of carbonyl (C=O) groups excluding carboxylic acids is 1. The summed E-state index contributed by atoms with van der Waals surface area (Å²) in [5.41, 5.74) is 2.16. The largest absolute Gasteiger partial charge is 0.379 e. The number of ether oxygens (including phenoxy) is 1. The van der Waals surface area contributed by atoms with Gasteiger partial charge in [0.2, 0.25) is 0 Å². The summed E-state index contributed by atoms with van der Waals surface area (Å²) >= 11 is 0. The second-order valence-electron chi connectivity index (χ2n) is 8.57. The molecule has 3 aliphatic rings. The third kappa shape index (κ3) is 4.14. The van der Waals surface area contributed by atoms with Crippen molar-refractivity contribution in [3.63, 3.8) is 0 Å². The number of aromatic nitrogens is 2. The molecular weight excluding hydrogens is 342 g/mol. The van der Waals surface area contributed by atoms with Crippen molar-refractivity contribution < 1.29 is 9.53 Å². The number of aryl methyl sites for hydroxylation is 2. The van der Waals surface area contributed by atoms with Crippen molar-refractivity contribution in [2.24, 2.45) is 0 Å². The highest BCUT2D eigenvalue weighted by Gasteiger charge is 2.39. The molecule has 0 bridgehead atoms. The Kier molecular flexibility index (Phi) is 5.41. The second-order valence-corrected chi connectivity index (χ2v) is 8.57. The molecule has 150 valence electrons. The SMILES string of the molecule is Cc1cc(C)n([C@H]2CCN(C(=O)NC3(CN4CCOCC4)CCCC3)C2)n1. The van der Waals surface area contributed by atoms with Crippen molar-refractivity contribution in [3.8, 4) is 0 Å². The Morgan fingerprint density at radius 3 is 2.67 bits per heavy atom. The molecule has 3 fully saturated rings. The van der Waals surface area contributed by atoms with Crippen molar-refractivity contribution in [2.45, 2.75) is 57.5 Å². The minimum atomic E-state index is -0.0648. The summed E-state index contributed by atoms with van der Waals surface area (Å²) in [4.78, 5) is 17.5. The summed E-state index contributed by atoms with van der Waals surface area (Å²) in [5.74, 6) is 0. The van der Waals surface area contributed by atoms with E-state index in [1.54, 1.807) is 0 Å². The predicted octanol–water partition coefficient (Wildman–Crippen LogP) is 2.10. The molecule has 0 unspecified atom stereocenters. The first-order valence-electron chi connectivity index (χ1n) is 10.4. The van der Waals surface area contributed by atoms with Gasteiger partial charge in [-0.25, -0.2) is 4.79 Å². The molecule has 1 atom stereocenters. The zero-order valence-electron chi connectivity index (χ0n) is 16.7. The number of nitrogens with one attached hydrogen (secondary N) is 1. The van der Waals surface area contributed by atoms with Crippen LogP contribution in [-0.4, -0.2) is 77.1 Å². The fourth-order valence-corrected chi connectivity index (χ4v) is 5.01. The van der Waals surface area contributed by atoms with E-state index in [0.29, 0.717) is 6.04 Å². The predicted molar refractivity (Wildman–Crippen MR) is 104 cm³/mol. The van der Waals surface area contributed by atoms with E-state index in [9.17, 15) is 4.79 Å². The molecule has 1 saturated carbocycles. The number of likely N-dealkylation sites (tertiary alicyclic amines) is 1. The van der Waals surface area contributed by atoms with E-state index in [-0.39, 0.29) is 11.6 Å². The molecule has 7 nitrogen and oxygen atoms in total. The van der Waals surface area contributed by atoms with Crippen LogP contribution in [0.3, 0.4) is 0 Å². The van der Waals surface area contributed by atoms with Crippen LogP contribution >= 0.6 is 0 Å². The summed E-state index contributed by atoms with van der Waals surface area (Å²) in [7, 11) is 0. The Morgan fingerprint density at radius 2 is 2.00 bits per heavy atom. The maximum absolute atomic E-state index is 13.1. The van der Waals surface area contributed by atoms with E-state index in [4.69, 9.17) is 4.74 Å². The highest BCUT2D eigenvalue weighted by molar-refractivity contribution is 5.75. The van der Waals surface area contributed by atoms with Crippen LogP contribution in [0.15, 0.2) is 6.07 Å². The molecule has 1 aromatic heterocycles. The number of nitrogens with zero attached hydrogens (tertiary/aromatic N) is 4. The van der Waals surface area contributed by atoms with Crippen molar-refractivity contribution in [2.75, 3.05) is 45.9 Å². The smallest absolute Gasteiger partial charge is 0.317 e. The number of carbonyl (C=O) groups is 1. The van der Waals surface area contributed by atoms with Gasteiger partial charge in [-0.05, 0) is 39.2 Å². The first-order chi connectivity index (χ1) is 13.0. The van der Waals surface area contributed by atoms with Crippen LogP contribution in [0.5, 0.6) is 0 Å². The minimum Gasteiger partial charge on any atom is -0.379 e. The third-order valence-electron chi connectivity index (χ3n) is 6.40. The molecule has 27 heavy (non-hydrogen) atoms. The minimum absolute atomic E-state index is 0.0648. The van der Waals surface area contributed by atoms with Gasteiger partial charge in [0, 0.05) is 38.4 Å². The summed E-state index contributed by atoms with van der Waals surface area (Å²) in [6.45, 7) is 10.2. The number of morpholine rings is 1. The highest BCUT2D eigenvalue weighted by Crippen LogP contribution is 2.32. The van der Waals surface area contributed by atoms with Crippen LogP contribution in [0.4, 0.5) is 4.79 Å². The van der Waals surface area contributed by atoms with Gasteiger partial charge in [-0.2, -0.15) is 5.10 Å². The summed E-state index contributed by atoms with van der Waals surface area (Å²) in [5, 5.41) is 8.07. The van der Waals surface area contributed by atoms with E-state index in [1.807, 2.05) is 11.8 Å². The lowest BCUT2D eigenvalue weighted by Crippen LogP contribution is -2.58. The fraction of sp³-hybridized carbons (Fsp3) is 0.800. The van der Waals surface area contributed by atoms with Crippen LogP contribution in [0, 0.1) is 13.8 Å². The Morgan fingerprint density at radius 1 is 1.26 bits per heavy atom. The normalized spacial score (nSPS) is 25.9. The van der Waals surface area contributed by atoms with Gasteiger partial charge in [0.25, 0.3) is 0 Å². The first kappa shape index (κ1) is 18.7. The molecule has 1 aromatic rings. The topological polar surface area (TPSA) is 62.6 Å². The van der Waals surface area contributed by atoms with E-state index in [0.717, 1.165) is 70.9 Å². The van der Waals surface area contributed by atoms with Crippen LogP contribution in [0.2, 0.25) is 0 Å². The molecule has 1 aliphatic carbocycles. The quantitative estimate of drug-likeness (QED) is 0.875. The fourth-order valence-electron chi connectivity index (χ4n) is 5.01. The van der Waals surface area contributed by atoms with Crippen molar-refractivity contribution in [1.82, 2.24) is 24.9 Å². The van der Waals surface area contributed by atoms with Gasteiger partial charge in [0.15, 0.2) is 0 Å². The zero-order valence-corrected chi connectivity index (χ0v) is 16.7. The van der Waals surface area contributed by atoms with Gasteiger partial charge in [0.1, 0.15) is 0 Å². The highest BCUT2D eigenvalue weighted by atomic mass is 16.5. The van der Waals surface area contributed by atoms with E-state index in [2.05, 4.69) is 33.0 Å². The van der Waals surface area contributed by atoms with Crippen LogP contribution in [0.25, 0.3) is 0 Å². The number of amides is 2. The lowest BCUT2D eigenvalue weighted by Gasteiger charge is -2.38. The summed E-state index contributed by atoms with van der Waals surface area (Å²) in [6, 6.07) is 2.51. The second kappa shape index (κ2) is 7.80. The van der Waals surface area contributed by atoms with Gasteiger partial charge < -0.3 is 15.0 Å². The van der Waals surface area contributed by atoms with Crippen LogP contribution < -0.4 is 5.32 Å². The average Bonchev–Trinajstić information content (AvgIpc) is 3.36.